The minimum absolute atomic E-state index is 0.311. The number of pyridine rings is 1. The highest BCUT2D eigenvalue weighted by Crippen LogP contribution is 2.36. The van der Waals surface area contributed by atoms with Gasteiger partial charge >= 0.3 is 6.03 Å². The van der Waals surface area contributed by atoms with Gasteiger partial charge in [0.05, 0.1) is 22.9 Å². The van der Waals surface area contributed by atoms with Gasteiger partial charge in [-0.3, -0.25) is 24.8 Å². The molecule has 0 unspecified atom stereocenters. The van der Waals surface area contributed by atoms with Gasteiger partial charge in [-0.1, -0.05) is 17.7 Å². The summed E-state index contributed by atoms with van der Waals surface area (Å²) in [6.45, 7) is 2.53. The minimum atomic E-state index is -1.46. The number of carbonyl (C=O) groups excluding carboxylic acids is 3. The molecule has 10 heteroatoms. The molecule has 2 saturated heterocycles. The molecule has 2 aliphatic rings. The number of benzene rings is 2. The van der Waals surface area contributed by atoms with Crippen LogP contribution >= 0.6 is 0 Å². The number of amides is 4. The molecule has 4 amide bonds. The van der Waals surface area contributed by atoms with Crippen LogP contribution in [0.2, 0.25) is 0 Å². The number of ether oxygens (including phenoxy) is 1. The van der Waals surface area contributed by atoms with Crippen LogP contribution < -0.4 is 20.3 Å². The zero-order valence-corrected chi connectivity index (χ0v) is 19.4. The summed E-state index contributed by atoms with van der Waals surface area (Å²) in [7, 11) is 0. The van der Waals surface area contributed by atoms with Gasteiger partial charge in [0.25, 0.3) is 11.8 Å². The number of imidazole rings is 1. The fraction of sp³-hybridized carbons (Fsp3) is 0.192. The van der Waals surface area contributed by atoms with Gasteiger partial charge in [-0.15, -0.1) is 0 Å². The van der Waals surface area contributed by atoms with E-state index in [0.29, 0.717) is 36.7 Å². The summed E-state index contributed by atoms with van der Waals surface area (Å²) in [4.78, 5) is 47.4. The molecule has 0 saturated carbocycles. The van der Waals surface area contributed by atoms with Gasteiger partial charge < -0.3 is 9.64 Å². The predicted molar refractivity (Wildman–Crippen MR) is 131 cm³/mol. The SMILES string of the molecule is Cc1ccc(-n2cnc3cc(Oc4ccc(N5CCCC56C(=O)NC(=O)NC6=O)cn4)ccc32)cc1. The number of nitrogens with zero attached hydrogens (tertiary/aromatic N) is 4. The van der Waals surface area contributed by atoms with Crippen molar-refractivity contribution >= 4 is 34.6 Å². The third-order valence-corrected chi connectivity index (χ3v) is 6.67. The molecule has 2 fully saturated rings. The lowest BCUT2D eigenvalue weighted by atomic mass is 9.92. The molecule has 0 bridgehead atoms. The van der Waals surface area contributed by atoms with E-state index < -0.39 is 23.4 Å². The van der Waals surface area contributed by atoms with Crippen LogP contribution in [0.3, 0.4) is 0 Å². The molecule has 0 atom stereocenters. The molecule has 2 aromatic heterocycles. The van der Waals surface area contributed by atoms with Crippen molar-refractivity contribution < 1.29 is 19.1 Å². The van der Waals surface area contributed by atoms with Crippen molar-refractivity contribution in [3.05, 3.63) is 72.7 Å². The van der Waals surface area contributed by atoms with Gasteiger partial charge in [-0.05, 0) is 50.1 Å². The summed E-state index contributed by atoms with van der Waals surface area (Å²) in [5, 5.41) is 4.42. The number of aromatic nitrogens is 3. The molecule has 180 valence electrons. The van der Waals surface area contributed by atoms with Gasteiger partial charge in [0.15, 0.2) is 5.54 Å². The molecule has 2 aliphatic heterocycles. The third-order valence-electron chi connectivity index (χ3n) is 6.67. The average molecular weight is 483 g/mol. The largest absolute Gasteiger partial charge is 0.439 e. The lowest BCUT2D eigenvalue weighted by Gasteiger charge is -2.38. The number of imide groups is 2. The Balaban J connectivity index is 1.22. The van der Waals surface area contributed by atoms with Crippen LogP contribution in [-0.4, -0.2) is 44.5 Å². The van der Waals surface area contributed by atoms with Crippen LogP contribution in [0.15, 0.2) is 67.1 Å². The number of barbiturate groups is 1. The zero-order chi connectivity index (χ0) is 24.9. The number of carbonyl (C=O) groups is 3. The van der Waals surface area contributed by atoms with Crippen LogP contribution in [0, 0.1) is 6.92 Å². The Kier molecular flexibility index (Phi) is 4.96. The first-order chi connectivity index (χ1) is 17.4. The summed E-state index contributed by atoms with van der Waals surface area (Å²) in [5.74, 6) is -0.295. The van der Waals surface area contributed by atoms with Gasteiger partial charge in [-0.25, -0.2) is 14.8 Å². The van der Waals surface area contributed by atoms with E-state index in [9.17, 15) is 14.4 Å². The number of aryl methyl sites for hydroxylation is 1. The Morgan fingerprint density at radius 2 is 1.67 bits per heavy atom. The second kappa shape index (κ2) is 8.19. The highest BCUT2D eigenvalue weighted by atomic mass is 16.5. The Morgan fingerprint density at radius 3 is 2.39 bits per heavy atom. The second-order valence-electron chi connectivity index (χ2n) is 8.91. The molecule has 1 spiro atoms. The quantitative estimate of drug-likeness (QED) is 0.429. The summed E-state index contributed by atoms with van der Waals surface area (Å²) >= 11 is 0. The standard InChI is InChI=1S/C26H22N6O4/c1-16-3-5-17(6-4-16)31-15-28-20-13-19(8-9-21(20)31)36-22-10-7-18(14-27-22)32-12-2-11-26(32)23(33)29-25(35)30-24(26)34/h3-10,13-15H,2,11-12H2,1H3,(H2,29,30,33,34,35). The molecular formula is C26H22N6O4. The molecule has 0 aliphatic carbocycles. The normalized spacial score (nSPS) is 16.9. The first-order valence-electron chi connectivity index (χ1n) is 11.6. The smallest absolute Gasteiger partial charge is 0.328 e. The summed E-state index contributed by atoms with van der Waals surface area (Å²) < 4.78 is 7.96. The molecule has 36 heavy (non-hydrogen) atoms. The Morgan fingerprint density at radius 1 is 0.917 bits per heavy atom. The van der Waals surface area contributed by atoms with Crippen molar-refractivity contribution in [1.29, 1.82) is 0 Å². The lowest BCUT2D eigenvalue weighted by molar-refractivity contribution is -0.137. The molecule has 0 radical (unpaired) electrons. The van der Waals surface area contributed by atoms with E-state index in [-0.39, 0.29) is 0 Å². The summed E-state index contributed by atoms with van der Waals surface area (Å²) in [6, 6.07) is 16.5. The molecule has 4 heterocycles. The van der Waals surface area contributed by atoms with Crippen molar-refractivity contribution in [3.63, 3.8) is 0 Å². The Labute approximate surface area is 205 Å². The number of anilines is 1. The number of rotatable bonds is 4. The van der Waals surface area contributed by atoms with Crippen molar-refractivity contribution in [2.45, 2.75) is 25.3 Å². The van der Waals surface area contributed by atoms with E-state index >= 15 is 0 Å². The number of fused-ring (bicyclic) bond motifs is 1. The summed E-state index contributed by atoms with van der Waals surface area (Å²) in [6.07, 6.45) is 4.28. The fourth-order valence-electron chi connectivity index (χ4n) is 4.87. The first kappa shape index (κ1) is 21.8. The van der Waals surface area contributed by atoms with E-state index in [0.717, 1.165) is 16.7 Å². The fourth-order valence-corrected chi connectivity index (χ4v) is 4.87. The topological polar surface area (TPSA) is 118 Å². The first-order valence-corrected chi connectivity index (χ1v) is 11.6. The third kappa shape index (κ3) is 3.46. The second-order valence-corrected chi connectivity index (χ2v) is 8.91. The highest BCUT2D eigenvalue weighted by Gasteiger charge is 2.57. The van der Waals surface area contributed by atoms with E-state index in [2.05, 4.69) is 51.8 Å². The number of urea groups is 1. The van der Waals surface area contributed by atoms with Crippen LogP contribution in [0.4, 0.5) is 10.5 Å². The molecule has 2 aromatic carbocycles. The van der Waals surface area contributed by atoms with Gasteiger partial charge in [0, 0.05) is 24.4 Å². The van der Waals surface area contributed by atoms with Crippen molar-refractivity contribution in [3.8, 4) is 17.3 Å². The van der Waals surface area contributed by atoms with Gasteiger partial charge in [0.2, 0.25) is 5.88 Å². The molecule has 4 aromatic rings. The monoisotopic (exact) mass is 482 g/mol. The Hall–Kier alpha value is -4.73. The highest BCUT2D eigenvalue weighted by molar-refractivity contribution is 6.24. The van der Waals surface area contributed by atoms with Crippen LogP contribution in [0.5, 0.6) is 11.6 Å². The number of hydrogen-bond donors (Lipinski definition) is 2. The van der Waals surface area contributed by atoms with Crippen molar-refractivity contribution in [2.75, 3.05) is 11.4 Å². The predicted octanol–water partition coefficient (Wildman–Crippen LogP) is 3.23. The lowest BCUT2D eigenvalue weighted by Crippen LogP contribution is -2.71. The molecular weight excluding hydrogens is 460 g/mol. The summed E-state index contributed by atoms with van der Waals surface area (Å²) in [5.41, 5.74) is 3.09. The number of hydrogen-bond acceptors (Lipinski definition) is 7. The van der Waals surface area contributed by atoms with Crippen molar-refractivity contribution in [2.24, 2.45) is 0 Å². The van der Waals surface area contributed by atoms with E-state index in [1.54, 1.807) is 29.6 Å². The van der Waals surface area contributed by atoms with Crippen LogP contribution in [0.1, 0.15) is 18.4 Å². The van der Waals surface area contributed by atoms with E-state index in [4.69, 9.17) is 4.74 Å². The minimum Gasteiger partial charge on any atom is -0.439 e. The van der Waals surface area contributed by atoms with Crippen molar-refractivity contribution in [1.82, 2.24) is 25.2 Å². The Bertz CT molecular complexity index is 1490. The molecule has 6 rings (SSSR count). The zero-order valence-electron chi connectivity index (χ0n) is 19.4. The van der Waals surface area contributed by atoms with E-state index in [1.165, 1.54) is 5.56 Å². The van der Waals surface area contributed by atoms with Crippen LogP contribution in [-0.2, 0) is 9.59 Å². The maximum Gasteiger partial charge on any atom is 0.328 e. The average Bonchev–Trinajstić information content (AvgIpc) is 3.49. The molecule has 10 nitrogen and oxygen atoms in total. The van der Waals surface area contributed by atoms with Gasteiger partial charge in [-0.2, -0.15) is 0 Å². The number of nitrogens with one attached hydrogen (secondary N) is 2. The maximum absolute atomic E-state index is 12.7. The van der Waals surface area contributed by atoms with Crippen LogP contribution in [0.25, 0.3) is 16.7 Å². The van der Waals surface area contributed by atoms with Gasteiger partial charge in [0.1, 0.15) is 12.1 Å². The maximum atomic E-state index is 12.7. The van der Waals surface area contributed by atoms with E-state index in [1.807, 2.05) is 22.8 Å². The molecule has 2 N–H and O–H groups in total.